The lowest BCUT2D eigenvalue weighted by molar-refractivity contribution is -0.0231. The lowest BCUT2D eigenvalue weighted by Gasteiger charge is -2.45. The van der Waals surface area contributed by atoms with E-state index in [1.165, 1.54) is 11.6 Å². The molecule has 1 aliphatic rings. The molecule has 3 rings (SSSR count). The van der Waals surface area contributed by atoms with Crippen molar-refractivity contribution in [2.75, 3.05) is 14.1 Å². The van der Waals surface area contributed by atoms with Crippen LogP contribution in [0, 0.1) is 5.82 Å². The van der Waals surface area contributed by atoms with Gasteiger partial charge >= 0.3 is 0 Å². The van der Waals surface area contributed by atoms with Gasteiger partial charge in [0.15, 0.2) is 0 Å². The van der Waals surface area contributed by atoms with Gasteiger partial charge in [0.05, 0.1) is 12.7 Å². The van der Waals surface area contributed by atoms with Crippen LogP contribution in [0.25, 0.3) is 0 Å². The van der Waals surface area contributed by atoms with Crippen LogP contribution in [0.5, 0.6) is 0 Å². The van der Waals surface area contributed by atoms with Crippen molar-refractivity contribution in [2.24, 2.45) is 0 Å². The van der Waals surface area contributed by atoms with Crippen molar-refractivity contribution in [1.29, 1.82) is 0 Å². The first kappa shape index (κ1) is 18.1. The lowest BCUT2D eigenvalue weighted by atomic mass is 9.75. The minimum atomic E-state index is -0.195. The Morgan fingerprint density at radius 1 is 1.00 bits per heavy atom. The van der Waals surface area contributed by atoms with Crippen LogP contribution >= 0.6 is 0 Å². The summed E-state index contributed by atoms with van der Waals surface area (Å²) < 4.78 is 19.3. The first-order chi connectivity index (χ1) is 12.1. The first-order valence-corrected chi connectivity index (χ1v) is 9.15. The third kappa shape index (κ3) is 4.68. The van der Waals surface area contributed by atoms with E-state index in [2.05, 4.69) is 49.3 Å². The second-order valence-electron chi connectivity index (χ2n) is 7.42. The summed E-state index contributed by atoms with van der Waals surface area (Å²) in [6.07, 6.45) is 5.72. The quantitative estimate of drug-likeness (QED) is 0.746. The van der Waals surface area contributed by atoms with Gasteiger partial charge in [-0.15, -0.1) is 0 Å². The van der Waals surface area contributed by atoms with E-state index in [-0.39, 0.29) is 17.5 Å². The molecule has 0 heterocycles. The Kier molecular flexibility index (Phi) is 5.87. The summed E-state index contributed by atoms with van der Waals surface area (Å²) in [5, 5.41) is 0. The highest BCUT2D eigenvalue weighted by atomic mass is 19.1. The Bertz CT molecular complexity index is 663. The second-order valence-corrected chi connectivity index (χ2v) is 7.42. The number of hydrogen-bond acceptors (Lipinski definition) is 2. The summed E-state index contributed by atoms with van der Waals surface area (Å²) in [4.78, 5) is 2.39. The van der Waals surface area contributed by atoms with Gasteiger partial charge in [-0.3, -0.25) is 0 Å². The molecule has 2 aromatic carbocycles. The zero-order valence-electron chi connectivity index (χ0n) is 15.2. The molecule has 0 unspecified atom stereocenters. The molecule has 1 aliphatic carbocycles. The molecule has 2 aromatic rings. The molecule has 0 amide bonds. The van der Waals surface area contributed by atoms with Gasteiger partial charge in [0.25, 0.3) is 0 Å². The van der Waals surface area contributed by atoms with Crippen LogP contribution < -0.4 is 0 Å². The van der Waals surface area contributed by atoms with E-state index in [4.69, 9.17) is 4.74 Å². The maximum Gasteiger partial charge on any atom is 0.123 e. The molecule has 1 saturated carbocycles. The molecule has 134 valence electrons. The standard InChI is InChI=1S/C22H28FNO/c1-24(2)22(16-18-7-4-3-5-8-18)13-11-21(12-14-22)25-17-19-9-6-10-20(23)15-19/h3-10,15,21H,11-14,16-17H2,1-2H3/t21-,22+. The van der Waals surface area contributed by atoms with Gasteiger partial charge in [-0.2, -0.15) is 0 Å². The van der Waals surface area contributed by atoms with Crippen LogP contribution in [0.15, 0.2) is 54.6 Å². The molecule has 0 bridgehead atoms. The van der Waals surface area contributed by atoms with Crippen LogP contribution in [-0.2, 0) is 17.8 Å². The van der Waals surface area contributed by atoms with E-state index < -0.39 is 0 Å². The maximum atomic E-state index is 13.3. The van der Waals surface area contributed by atoms with Gasteiger partial charge in [0.1, 0.15) is 5.82 Å². The predicted octanol–water partition coefficient (Wildman–Crippen LogP) is 4.83. The van der Waals surface area contributed by atoms with Gasteiger partial charge in [-0.1, -0.05) is 42.5 Å². The van der Waals surface area contributed by atoms with Crippen LogP contribution in [0.1, 0.15) is 36.8 Å². The fraction of sp³-hybridized carbons (Fsp3) is 0.455. The fourth-order valence-corrected chi connectivity index (χ4v) is 3.89. The molecule has 0 spiro atoms. The van der Waals surface area contributed by atoms with E-state index in [1.54, 1.807) is 12.1 Å². The van der Waals surface area contributed by atoms with E-state index in [0.717, 1.165) is 37.7 Å². The predicted molar refractivity (Wildman–Crippen MR) is 100 cm³/mol. The van der Waals surface area contributed by atoms with Gasteiger partial charge in [-0.05, 0) is 69.5 Å². The highest BCUT2D eigenvalue weighted by molar-refractivity contribution is 5.19. The van der Waals surface area contributed by atoms with Crippen molar-refractivity contribution >= 4 is 0 Å². The number of rotatable bonds is 6. The third-order valence-corrected chi connectivity index (χ3v) is 5.56. The van der Waals surface area contributed by atoms with Crippen molar-refractivity contribution in [3.8, 4) is 0 Å². The summed E-state index contributed by atoms with van der Waals surface area (Å²) in [6, 6.07) is 17.4. The smallest absolute Gasteiger partial charge is 0.123 e. The van der Waals surface area contributed by atoms with E-state index in [9.17, 15) is 4.39 Å². The summed E-state index contributed by atoms with van der Waals surface area (Å²) >= 11 is 0. The van der Waals surface area contributed by atoms with E-state index >= 15 is 0 Å². The Morgan fingerprint density at radius 3 is 2.32 bits per heavy atom. The topological polar surface area (TPSA) is 12.5 Å². The van der Waals surface area contributed by atoms with Crippen molar-refractivity contribution in [3.63, 3.8) is 0 Å². The number of halogens is 1. The number of nitrogens with zero attached hydrogens (tertiary/aromatic N) is 1. The molecule has 0 aliphatic heterocycles. The fourth-order valence-electron chi connectivity index (χ4n) is 3.89. The Balaban J connectivity index is 1.56. The van der Waals surface area contributed by atoms with Crippen LogP contribution in [0.3, 0.4) is 0 Å². The Labute approximate surface area is 150 Å². The molecule has 0 radical (unpaired) electrons. The van der Waals surface area contributed by atoms with E-state index in [0.29, 0.717) is 6.61 Å². The number of benzene rings is 2. The summed E-state index contributed by atoms with van der Waals surface area (Å²) in [5.41, 5.74) is 2.52. The van der Waals surface area contributed by atoms with Crippen LogP contribution in [0.4, 0.5) is 4.39 Å². The number of hydrogen-bond donors (Lipinski definition) is 0. The van der Waals surface area contributed by atoms with Gasteiger partial charge in [0.2, 0.25) is 0 Å². The lowest BCUT2D eigenvalue weighted by Crippen LogP contribution is -2.49. The average molecular weight is 341 g/mol. The summed E-state index contributed by atoms with van der Waals surface area (Å²) in [7, 11) is 4.38. The van der Waals surface area contributed by atoms with Crippen LogP contribution in [-0.4, -0.2) is 30.6 Å². The minimum absolute atomic E-state index is 0.195. The maximum absolute atomic E-state index is 13.3. The average Bonchev–Trinajstić information content (AvgIpc) is 2.62. The van der Waals surface area contributed by atoms with Crippen molar-refractivity contribution < 1.29 is 9.13 Å². The molecule has 0 aromatic heterocycles. The Morgan fingerprint density at radius 2 is 1.68 bits per heavy atom. The van der Waals surface area contributed by atoms with Crippen molar-refractivity contribution in [1.82, 2.24) is 4.90 Å². The molecular weight excluding hydrogens is 313 g/mol. The molecule has 0 N–H and O–H groups in total. The van der Waals surface area contributed by atoms with Crippen molar-refractivity contribution in [2.45, 2.75) is 50.4 Å². The SMILES string of the molecule is CN(C)[C@]1(Cc2ccccc2)CC[C@H](OCc2cccc(F)c2)CC1. The number of ether oxygens (including phenoxy) is 1. The third-order valence-electron chi connectivity index (χ3n) is 5.56. The number of likely N-dealkylation sites (N-methyl/N-ethyl adjacent to an activating group) is 1. The van der Waals surface area contributed by atoms with Gasteiger partial charge < -0.3 is 9.64 Å². The zero-order valence-corrected chi connectivity index (χ0v) is 15.2. The molecule has 1 fully saturated rings. The molecule has 2 nitrogen and oxygen atoms in total. The molecule has 0 atom stereocenters. The minimum Gasteiger partial charge on any atom is -0.374 e. The van der Waals surface area contributed by atoms with Gasteiger partial charge in [-0.25, -0.2) is 4.39 Å². The molecule has 25 heavy (non-hydrogen) atoms. The second kappa shape index (κ2) is 8.11. The normalized spacial score (nSPS) is 23.8. The summed E-state index contributed by atoms with van der Waals surface area (Å²) in [6.45, 7) is 0.496. The molecule has 3 heteroatoms. The first-order valence-electron chi connectivity index (χ1n) is 9.15. The van der Waals surface area contributed by atoms with Crippen molar-refractivity contribution in [3.05, 3.63) is 71.5 Å². The molecular formula is C22H28FNO. The highest BCUT2D eigenvalue weighted by Crippen LogP contribution is 2.36. The van der Waals surface area contributed by atoms with Crippen LogP contribution in [0.2, 0.25) is 0 Å². The zero-order chi connectivity index (χ0) is 17.7. The van der Waals surface area contributed by atoms with Gasteiger partial charge in [0, 0.05) is 5.54 Å². The van der Waals surface area contributed by atoms with E-state index in [1.807, 2.05) is 6.07 Å². The Hall–Kier alpha value is -1.71. The largest absolute Gasteiger partial charge is 0.374 e. The molecule has 0 saturated heterocycles. The highest BCUT2D eigenvalue weighted by Gasteiger charge is 2.37. The summed E-state index contributed by atoms with van der Waals surface area (Å²) in [5.74, 6) is -0.195. The monoisotopic (exact) mass is 341 g/mol.